The molecule has 0 aliphatic carbocycles. The average molecular weight is 502 g/mol. The topological polar surface area (TPSA) is 244 Å². The Morgan fingerprint density at radius 3 is 1.16 bits per heavy atom. The van der Waals surface area contributed by atoms with E-state index in [4.69, 9.17) is 9.11 Å². The van der Waals surface area contributed by atoms with Crippen molar-refractivity contribution in [3.63, 3.8) is 0 Å². The minimum atomic E-state index is -5.41. The number of hydrogen-bond donors (Lipinski definition) is 6. The number of carbonyl (C=O) groups excluding carboxylic acids is 4. The third-order valence-electron chi connectivity index (χ3n) is 2.84. The number of rotatable bonds is 13. The first-order valence-electron chi connectivity index (χ1n) is 7.98. The summed E-state index contributed by atoms with van der Waals surface area (Å²) in [6.07, 6.45) is -5.19. The molecular weight excluding hydrogens is 479 g/mol. The summed E-state index contributed by atoms with van der Waals surface area (Å²) in [5.74, 6) is -3.80. The van der Waals surface area contributed by atoms with Crippen molar-refractivity contribution in [1.29, 1.82) is 0 Å². The van der Waals surface area contributed by atoms with Gasteiger partial charge in [-0.3, -0.25) is 28.3 Å². The van der Waals surface area contributed by atoms with Crippen LogP contribution in [-0.4, -0.2) is 118 Å². The van der Waals surface area contributed by atoms with E-state index in [2.05, 4.69) is 19.0 Å². The molecule has 2 unspecified atom stereocenters. The van der Waals surface area contributed by atoms with E-state index in [1.165, 1.54) is 13.8 Å². The first kappa shape index (κ1) is 31.8. The molecule has 0 fully saturated rings. The molecule has 0 heterocycles. The predicted octanol–water partition coefficient (Wildman–Crippen LogP) is -4.78. The molecule has 0 aromatic heterocycles. The zero-order valence-electron chi connectivity index (χ0n) is 15.8. The number of nitrogens with one attached hydrogen (secondary N) is 4. The molecule has 0 aromatic carbocycles. The average Bonchev–Trinajstić information content (AvgIpc) is 2.56. The van der Waals surface area contributed by atoms with Crippen LogP contribution in [0.5, 0.6) is 0 Å². The van der Waals surface area contributed by atoms with E-state index in [1.54, 1.807) is 0 Å². The third kappa shape index (κ3) is 16.9. The van der Waals surface area contributed by atoms with E-state index in [1.807, 2.05) is 10.6 Å². The van der Waals surface area contributed by atoms with Crippen LogP contribution in [0.15, 0.2) is 0 Å². The van der Waals surface area contributed by atoms with Crippen molar-refractivity contribution < 1.29 is 53.5 Å². The summed E-state index contributed by atoms with van der Waals surface area (Å²) in [5.41, 5.74) is 0. The summed E-state index contributed by atoms with van der Waals surface area (Å²) in [4.78, 5) is 46.0. The third-order valence-corrected chi connectivity index (χ3v) is 3.74. The summed E-state index contributed by atoms with van der Waals surface area (Å²) in [6, 6.07) is 0. The van der Waals surface area contributed by atoms with Gasteiger partial charge in [0.25, 0.3) is 11.8 Å². The fourth-order valence-electron chi connectivity index (χ4n) is 1.77. The monoisotopic (exact) mass is 502 g/mol. The molecule has 0 aliphatic heterocycles. The minimum absolute atomic E-state index is 0. The van der Waals surface area contributed by atoms with E-state index < -0.39 is 56.6 Å². The van der Waals surface area contributed by atoms with Gasteiger partial charge in [0.2, 0.25) is 11.8 Å². The Balaban J connectivity index is 0. The van der Waals surface area contributed by atoms with E-state index >= 15 is 0 Å². The normalized spacial score (nSPS) is 13.2. The van der Waals surface area contributed by atoms with Crippen molar-refractivity contribution >= 4 is 74.0 Å². The van der Waals surface area contributed by atoms with Crippen molar-refractivity contribution in [3.05, 3.63) is 0 Å². The molecule has 19 heteroatoms. The molecule has 6 N–H and O–H groups in total. The van der Waals surface area contributed by atoms with Crippen molar-refractivity contribution in [2.24, 2.45) is 0 Å². The predicted molar refractivity (Wildman–Crippen MR) is 103 cm³/mol. The standard InChI is InChI=1S/C12H22N4O12S2.Na.H/c1-7(17)13-3-5-15-11(19)9(27-29(21,22)23)10(28-30(24,25)26)12(20)16-6-4-14-8(2)18;;/h9-10H,3-6H2,1-2H3,(H,13,17)(H,14,18)(H,15,19)(H,16,20)(H,21,22,23)(H,24,25,26);;. The second-order valence-electron chi connectivity index (χ2n) is 5.44. The second kappa shape index (κ2) is 14.6. The van der Waals surface area contributed by atoms with Gasteiger partial charge >= 0.3 is 50.4 Å². The SMILES string of the molecule is CC(=O)NCCNC(=O)C(OS(=O)(=O)O)C(OS(=O)(=O)O)C(=O)NCCNC(C)=O.[NaH]. The van der Waals surface area contributed by atoms with Gasteiger partial charge in [0.1, 0.15) is 0 Å². The Kier molecular flexibility index (Phi) is 15.0. The van der Waals surface area contributed by atoms with Gasteiger partial charge in [0, 0.05) is 40.0 Å². The summed E-state index contributed by atoms with van der Waals surface area (Å²) in [6.45, 7) is 1.46. The molecule has 176 valence electrons. The Morgan fingerprint density at radius 2 is 0.935 bits per heavy atom. The van der Waals surface area contributed by atoms with Crippen LogP contribution < -0.4 is 21.3 Å². The first-order valence-corrected chi connectivity index (χ1v) is 10.7. The van der Waals surface area contributed by atoms with Crippen molar-refractivity contribution in [3.8, 4) is 0 Å². The molecule has 31 heavy (non-hydrogen) atoms. The van der Waals surface area contributed by atoms with Crippen LogP contribution in [0.4, 0.5) is 0 Å². The summed E-state index contributed by atoms with van der Waals surface area (Å²) < 4.78 is 70.0. The van der Waals surface area contributed by atoms with Gasteiger partial charge < -0.3 is 21.3 Å². The molecule has 4 amide bonds. The number of hydrogen-bond acceptors (Lipinski definition) is 10. The molecule has 0 spiro atoms. The molecule has 0 rings (SSSR count). The fourth-order valence-corrected chi connectivity index (χ4v) is 2.68. The summed E-state index contributed by atoms with van der Waals surface area (Å²) in [5, 5.41) is 8.59. The molecule has 0 aromatic rings. The van der Waals surface area contributed by atoms with Gasteiger partial charge in [0.05, 0.1) is 0 Å². The van der Waals surface area contributed by atoms with Gasteiger partial charge in [-0.2, -0.15) is 16.8 Å². The maximum absolute atomic E-state index is 12.2. The number of amides is 4. The molecule has 0 aliphatic rings. The molecule has 0 saturated carbocycles. The summed E-state index contributed by atoms with van der Waals surface area (Å²) >= 11 is 0. The Hall–Kier alpha value is -1.38. The fraction of sp³-hybridized carbons (Fsp3) is 0.667. The molecule has 0 radical (unpaired) electrons. The van der Waals surface area contributed by atoms with Crippen LogP contribution >= 0.6 is 0 Å². The van der Waals surface area contributed by atoms with Crippen LogP contribution in [-0.2, 0) is 48.3 Å². The van der Waals surface area contributed by atoms with Crippen LogP contribution in [0.3, 0.4) is 0 Å². The van der Waals surface area contributed by atoms with Crippen LogP contribution in [0.25, 0.3) is 0 Å². The molecule has 0 saturated heterocycles. The van der Waals surface area contributed by atoms with E-state index in [9.17, 15) is 36.0 Å². The Bertz CT molecular complexity index is 778. The van der Waals surface area contributed by atoms with Gasteiger partial charge in [-0.25, -0.2) is 8.37 Å². The maximum atomic E-state index is 12.2. The van der Waals surface area contributed by atoms with Gasteiger partial charge in [0.15, 0.2) is 12.2 Å². The van der Waals surface area contributed by atoms with E-state index in [0.717, 1.165) is 0 Å². The van der Waals surface area contributed by atoms with Crippen LogP contribution in [0.1, 0.15) is 13.8 Å². The van der Waals surface area contributed by atoms with Crippen molar-refractivity contribution in [2.45, 2.75) is 26.1 Å². The first-order chi connectivity index (χ1) is 13.6. The second-order valence-corrected chi connectivity index (χ2v) is 7.53. The van der Waals surface area contributed by atoms with Gasteiger partial charge in [-0.1, -0.05) is 0 Å². The Labute approximate surface area is 200 Å². The quantitative estimate of drug-likeness (QED) is 0.0789. The molecule has 0 bridgehead atoms. The zero-order valence-corrected chi connectivity index (χ0v) is 17.4. The van der Waals surface area contributed by atoms with E-state index in [0.29, 0.717) is 0 Å². The van der Waals surface area contributed by atoms with Crippen molar-refractivity contribution in [2.75, 3.05) is 26.2 Å². The zero-order chi connectivity index (χ0) is 23.5. The van der Waals surface area contributed by atoms with Crippen LogP contribution in [0, 0.1) is 0 Å². The molecule has 2 atom stereocenters. The molecule has 16 nitrogen and oxygen atoms in total. The van der Waals surface area contributed by atoms with E-state index in [-0.39, 0.29) is 55.7 Å². The van der Waals surface area contributed by atoms with Gasteiger partial charge in [-0.15, -0.1) is 0 Å². The van der Waals surface area contributed by atoms with Crippen LogP contribution in [0.2, 0.25) is 0 Å². The van der Waals surface area contributed by atoms with Gasteiger partial charge in [-0.05, 0) is 0 Å². The molecular formula is C12H23N4NaO12S2. The van der Waals surface area contributed by atoms with Crippen molar-refractivity contribution in [1.82, 2.24) is 21.3 Å². The Morgan fingerprint density at radius 1 is 0.677 bits per heavy atom. The number of carbonyl (C=O) groups is 4. The summed E-state index contributed by atoms with van der Waals surface area (Å²) in [7, 11) is -10.8.